The van der Waals surface area contributed by atoms with Crippen LogP contribution in [0.25, 0.3) is 11.2 Å². The summed E-state index contributed by atoms with van der Waals surface area (Å²) in [4.78, 5) is 40.4. The molecule has 1 aliphatic heterocycles. The van der Waals surface area contributed by atoms with Gasteiger partial charge in [-0.2, -0.15) is 13.2 Å². The molecule has 3 aromatic heterocycles. The number of halogens is 3. The number of hydrogen-bond donors (Lipinski definition) is 0. The third-order valence-corrected chi connectivity index (χ3v) is 6.23. The third kappa shape index (κ3) is 5.19. The van der Waals surface area contributed by atoms with Crippen LogP contribution >= 0.6 is 0 Å². The maximum Gasteiger partial charge on any atom is 0.418 e. The van der Waals surface area contributed by atoms with Crippen LogP contribution in [-0.4, -0.2) is 49.2 Å². The number of nitrogens with zero attached hydrogens (tertiary/aromatic N) is 5. The summed E-state index contributed by atoms with van der Waals surface area (Å²) in [7, 11) is 0. The Bertz CT molecular complexity index is 1340. The van der Waals surface area contributed by atoms with Crippen LogP contribution in [0.1, 0.15) is 61.9 Å². The Morgan fingerprint density at radius 3 is 2.39 bits per heavy atom. The highest BCUT2D eigenvalue weighted by Crippen LogP contribution is 2.33. The summed E-state index contributed by atoms with van der Waals surface area (Å²) >= 11 is 0. The molecule has 1 aliphatic rings. The van der Waals surface area contributed by atoms with E-state index in [2.05, 4.69) is 15.0 Å². The number of carbonyl (C=O) groups excluding carboxylic acids is 1. The number of pyridine rings is 2. The zero-order valence-corrected chi connectivity index (χ0v) is 20.6. The molecule has 0 aromatic carbocycles. The lowest BCUT2D eigenvalue weighted by Crippen LogP contribution is -2.42. The second kappa shape index (κ2) is 9.51. The number of aryl methyl sites for hydroxylation is 1. The normalized spacial score (nSPS) is 15.4. The Kier molecular flexibility index (Phi) is 6.76. The fourth-order valence-electron chi connectivity index (χ4n) is 4.60. The summed E-state index contributed by atoms with van der Waals surface area (Å²) in [6.45, 7) is 7.57. The van der Waals surface area contributed by atoms with Gasteiger partial charge in [-0.3, -0.25) is 19.3 Å². The van der Waals surface area contributed by atoms with E-state index in [0.29, 0.717) is 42.6 Å². The Morgan fingerprint density at radius 1 is 1.08 bits per heavy atom. The third-order valence-electron chi connectivity index (χ3n) is 6.23. The maximum atomic E-state index is 13.8. The molecule has 0 unspecified atom stereocenters. The van der Waals surface area contributed by atoms with Crippen LogP contribution in [0.2, 0.25) is 0 Å². The van der Waals surface area contributed by atoms with Crippen LogP contribution in [0.15, 0.2) is 35.5 Å². The van der Waals surface area contributed by atoms with Gasteiger partial charge in [-0.05, 0) is 64.2 Å². The van der Waals surface area contributed by atoms with Crippen LogP contribution in [0.5, 0.6) is 0 Å². The molecule has 8 nitrogen and oxygen atoms in total. The van der Waals surface area contributed by atoms with Gasteiger partial charge < -0.3 is 9.64 Å². The average Bonchev–Trinajstić information content (AvgIpc) is 2.81. The molecule has 11 heteroatoms. The Balaban J connectivity index is 1.72. The van der Waals surface area contributed by atoms with Gasteiger partial charge in [-0.1, -0.05) is 0 Å². The second-order valence-electron chi connectivity index (χ2n) is 9.90. The van der Waals surface area contributed by atoms with Crippen molar-refractivity contribution in [2.45, 2.75) is 64.8 Å². The molecule has 1 fully saturated rings. The Hall–Kier alpha value is -3.50. The van der Waals surface area contributed by atoms with Gasteiger partial charge in [-0.15, -0.1) is 0 Å². The first-order valence-corrected chi connectivity index (χ1v) is 11.7. The van der Waals surface area contributed by atoms with Crippen molar-refractivity contribution >= 4 is 17.3 Å². The van der Waals surface area contributed by atoms with Crippen molar-refractivity contribution in [2.75, 3.05) is 13.1 Å². The summed E-state index contributed by atoms with van der Waals surface area (Å²) < 4.78 is 47.5. The topological polar surface area (TPSA) is 90.2 Å². The number of likely N-dealkylation sites (tertiary alicyclic amines) is 1. The van der Waals surface area contributed by atoms with Crippen LogP contribution < -0.4 is 5.56 Å². The maximum absolute atomic E-state index is 13.8. The van der Waals surface area contributed by atoms with Crippen molar-refractivity contribution in [3.8, 4) is 0 Å². The zero-order valence-electron chi connectivity index (χ0n) is 20.6. The molecule has 0 spiro atoms. The number of piperidine rings is 1. The molecule has 36 heavy (non-hydrogen) atoms. The van der Waals surface area contributed by atoms with E-state index >= 15 is 0 Å². The van der Waals surface area contributed by atoms with Gasteiger partial charge >= 0.3 is 12.3 Å². The lowest BCUT2D eigenvalue weighted by atomic mass is 9.87. The van der Waals surface area contributed by atoms with E-state index in [-0.39, 0.29) is 17.3 Å². The minimum absolute atomic E-state index is 0.195. The Labute approximate surface area is 206 Å². The van der Waals surface area contributed by atoms with Gasteiger partial charge in [0.05, 0.1) is 17.8 Å². The van der Waals surface area contributed by atoms with Crippen molar-refractivity contribution in [1.82, 2.24) is 24.4 Å². The molecular weight excluding hydrogens is 475 g/mol. The van der Waals surface area contributed by atoms with Gasteiger partial charge in [0.1, 0.15) is 11.1 Å². The van der Waals surface area contributed by atoms with Gasteiger partial charge in [0.25, 0.3) is 5.56 Å². The van der Waals surface area contributed by atoms with Crippen molar-refractivity contribution in [1.29, 1.82) is 0 Å². The number of rotatable bonds is 3. The SMILES string of the molecule is Cc1c(C2CCN(C(=O)OC(C)(C)C)CC2)c(=O)n(Cc2ncccc2C(F)(F)F)c2nccnc12. The lowest BCUT2D eigenvalue weighted by Gasteiger charge is -2.34. The molecule has 0 bridgehead atoms. The molecule has 192 valence electrons. The largest absolute Gasteiger partial charge is 0.444 e. The minimum atomic E-state index is -4.61. The first kappa shape index (κ1) is 25.6. The van der Waals surface area contributed by atoms with Gasteiger partial charge in [-0.25, -0.2) is 9.78 Å². The van der Waals surface area contributed by atoms with Crippen molar-refractivity contribution < 1.29 is 22.7 Å². The van der Waals surface area contributed by atoms with Gasteiger partial charge in [0.15, 0.2) is 5.65 Å². The molecule has 1 saturated heterocycles. The highest BCUT2D eigenvalue weighted by Gasteiger charge is 2.35. The van der Waals surface area contributed by atoms with E-state index in [1.54, 1.807) is 32.6 Å². The van der Waals surface area contributed by atoms with Crippen LogP contribution in [0, 0.1) is 6.92 Å². The molecule has 4 heterocycles. The fraction of sp³-hybridized carbons (Fsp3) is 0.480. The zero-order chi connectivity index (χ0) is 26.3. The average molecular weight is 504 g/mol. The summed E-state index contributed by atoms with van der Waals surface area (Å²) in [5, 5.41) is 0. The van der Waals surface area contributed by atoms with E-state index in [4.69, 9.17) is 4.74 Å². The van der Waals surface area contributed by atoms with Gasteiger partial charge in [0, 0.05) is 37.2 Å². The molecule has 3 aromatic rings. The lowest BCUT2D eigenvalue weighted by molar-refractivity contribution is -0.138. The molecule has 0 saturated carbocycles. The second-order valence-corrected chi connectivity index (χ2v) is 9.90. The number of ether oxygens (including phenoxy) is 1. The van der Waals surface area contributed by atoms with Crippen molar-refractivity contribution in [3.63, 3.8) is 0 Å². The highest BCUT2D eigenvalue weighted by atomic mass is 19.4. The number of hydrogen-bond acceptors (Lipinski definition) is 6. The van der Waals surface area contributed by atoms with E-state index < -0.39 is 35.5 Å². The predicted octanol–water partition coefficient (Wildman–Crippen LogP) is 4.68. The fourth-order valence-corrected chi connectivity index (χ4v) is 4.60. The standard InChI is InChI=1S/C25H28F3N5O3/c1-15-19(16-7-12-32(13-8-16)23(35)36-24(2,3)4)22(34)33(21-20(15)30-10-11-31-21)14-18-17(25(26,27)28)6-5-9-29-18/h5-6,9-11,16H,7-8,12-14H2,1-4H3. The quantitative estimate of drug-likeness (QED) is 0.516. The number of alkyl halides is 3. The highest BCUT2D eigenvalue weighted by molar-refractivity contribution is 5.75. The molecule has 0 N–H and O–H groups in total. The number of amides is 1. The molecule has 0 atom stereocenters. The van der Waals surface area contributed by atoms with E-state index in [0.717, 1.165) is 6.07 Å². The monoisotopic (exact) mass is 503 g/mol. The van der Waals surface area contributed by atoms with E-state index in [1.165, 1.54) is 29.2 Å². The molecule has 0 aliphatic carbocycles. The van der Waals surface area contributed by atoms with Crippen LogP contribution in [-0.2, 0) is 17.5 Å². The summed E-state index contributed by atoms with van der Waals surface area (Å²) in [5.41, 5.74) is -0.426. The molecule has 0 radical (unpaired) electrons. The number of aromatic nitrogens is 4. The molecule has 1 amide bonds. The number of carbonyl (C=O) groups is 1. The van der Waals surface area contributed by atoms with Crippen LogP contribution in [0.3, 0.4) is 0 Å². The first-order valence-electron chi connectivity index (χ1n) is 11.7. The molecular formula is C25H28F3N5O3. The summed E-state index contributed by atoms with van der Waals surface area (Å²) in [6.07, 6.45) is 0.161. The van der Waals surface area contributed by atoms with Gasteiger partial charge in [0.2, 0.25) is 0 Å². The van der Waals surface area contributed by atoms with E-state index in [9.17, 15) is 22.8 Å². The summed E-state index contributed by atoms with van der Waals surface area (Å²) in [6, 6.07) is 2.16. The summed E-state index contributed by atoms with van der Waals surface area (Å²) in [5.74, 6) is -0.195. The molecule has 4 rings (SSSR count). The van der Waals surface area contributed by atoms with Crippen LogP contribution in [0.4, 0.5) is 18.0 Å². The number of fused-ring (bicyclic) bond motifs is 1. The Morgan fingerprint density at radius 2 is 1.75 bits per heavy atom. The minimum Gasteiger partial charge on any atom is -0.444 e. The van der Waals surface area contributed by atoms with Crippen molar-refractivity contribution in [3.05, 3.63) is 63.5 Å². The van der Waals surface area contributed by atoms with Crippen molar-refractivity contribution in [2.24, 2.45) is 0 Å². The first-order chi connectivity index (χ1) is 16.9. The van der Waals surface area contributed by atoms with E-state index in [1.807, 2.05) is 0 Å². The smallest absolute Gasteiger partial charge is 0.418 e. The predicted molar refractivity (Wildman–Crippen MR) is 127 cm³/mol.